The zero-order valence-electron chi connectivity index (χ0n) is 15.3. The Kier molecular flexibility index (Phi) is 3.72. The minimum absolute atomic E-state index is 0.239. The molecule has 0 saturated carbocycles. The van der Waals surface area contributed by atoms with Crippen molar-refractivity contribution in [3.05, 3.63) is 47.5 Å². The molecule has 4 rings (SSSR count). The van der Waals surface area contributed by atoms with Gasteiger partial charge in [0.15, 0.2) is 0 Å². The van der Waals surface area contributed by atoms with E-state index in [1.807, 2.05) is 0 Å². The average molecular weight is 446 g/mol. The number of hydrogen-bond donors (Lipinski definition) is 0. The molecule has 0 N–H and O–H groups in total. The van der Waals surface area contributed by atoms with Crippen molar-refractivity contribution < 1.29 is 0 Å². The standard InChI is InChI=1S/C22H24Se2/c1-21(2,3)13-7-9-15-17(11-13)23-20-19(15)16-10-8-14(22(4,5)6)12-18(16)24-20/h7-12H,1-6H3. The third kappa shape index (κ3) is 2.65. The Balaban J connectivity index is 1.99. The van der Waals surface area contributed by atoms with E-state index in [0.29, 0.717) is 29.0 Å². The summed E-state index contributed by atoms with van der Waals surface area (Å²) in [6.07, 6.45) is 0. The van der Waals surface area contributed by atoms with Gasteiger partial charge in [0.2, 0.25) is 0 Å². The molecule has 124 valence electrons. The first-order valence-corrected chi connectivity index (χ1v) is 12.0. The quantitative estimate of drug-likeness (QED) is 0.297. The SMILES string of the molecule is CC(C)(C)c1ccc2c(c1)[se]c1[se]c3cc(C(C)(C)C)ccc3c12. The molecule has 0 aliphatic carbocycles. The van der Waals surface area contributed by atoms with Gasteiger partial charge in [-0.05, 0) is 0 Å². The molecule has 4 aromatic rings. The predicted octanol–water partition coefficient (Wildman–Crippen LogP) is 5.86. The second-order valence-electron chi connectivity index (χ2n) is 8.79. The molecule has 0 radical (unpaired) electrons. The summed E-state index contributed by atoms with van der Waals surface area (Å²) in [5, 5.41) is 4.62. The fourth-order valence-corrected chi connectivity index (χ4v) is 9.89. The first-order valence-electron chi connectivity index (χ1n) is 8.54. The van der Waals surface area contributed by atoms with Crippen LogP contribution in [0.3, 0.4) is 0 Å². The van der Waals surface area contributed by atoms with Crippen LogP contribution in [0.2, 0.25) is 0 Å². The van der Waals surface area contributed by atoms with E-state index >= 15 is 0 Å². The van der Waals surface area contributed by atoms with Crippen molar-refractivity contribution in [1.82, 2.24) is 0 Å². The molecule has 0 aliphatic rings. The summed E-state index contributed by atoms with van der Waals surface area (Å²) in [6.45, 7) is 13.9. The molecule has 0 bridgehead atoms. The van der Waals surface area contributed by atoms with Crippen molar-refractivity contribution in [3.8, 4) is 0 Å². The van der Waals surface area contributed by atoms with Crippen LogP contribution in [-0.4, -0.2) is 29.0 Å². The molecular formula is C22H24Se2. The summed E-state index contributed by atoms with van der Waals surface area (Å²) < 4.78 is 4.96. The van der Waals surface area contributed by atoms with Crippen LogP contribution in [0.4, 0.5) is 0 Å². The molecule has 0 spiro atoms. The summed E-state index contributed by atoms with van der Waals surface area (Å²) >= 11 is 1.04. The zero-order chi connectivity index (χ0) is 17.3. The van der Waals surface area contributed by atoms with Crippen molar-refractivity contribution in [2.45, 2.75) is 52.4 Å². The summed E-state index contributed by atoms with van der Waals surface area (Å²) in [5.41, 5.74) is 3.42. The fourth-order valence-electron chi connectivity index (χ4n) is 3.25. The molecular weight excluding hydrogens is 422 g/mol. The van der Waals surface area contributed by atoms with Gasteiger partial charge in [0.25, 0.3) is 0 Å². The van der Waals surface area contributed by atoms with E-state index in [4.69, 9.17) is 0 Å². The Morgan fingerprint density at radius 3 is 1.42 bits per heavy atom. The Bertz CT molecular complexity index is 979. The number of hydrogen-bond acceptors (Lipinski definition) is 0. The van der Waals surface area contributed by atoms with Crippen LogP contribution in [0, 0.1) is 0 Å². The molecule has 0 saturated heterocycles. The van der Waals surface area contributed by atoms with Gasteiger partial charge >= 0.3 is 157 Å². The van der Waals surface area contributed by atoms with Crippen molar-refractivity contribution in [3.63, 3.8) is 0 Å². The molecule has 0 amide bonds. The van der Waals surface area contributed by atoms with Crippen LogP contribution < -0.4 is 0 Å². The van der Waals surface area contributed by atoms with Crippen LogP contribution in [0.25, 0.3) is 27.8 Å². The van der Waals surface area contributed by atoms with Crippen LogP contribution in [0.1, 0.15) is 52.7 Å². The van der Waals surface area contributed by atoms with Gasteiger partial charge < -0.3 is 0 Å². The van der Waals surface area contributed by atoms with Crippen molar-refractivity contribution in [1.29, 1.82) is 0 Å². The van der Waals surface area contributed by atoms with E-state index in [9.17, 15) is 0 Å². The Hall–Kier alpha value is -0.781. The van der Waals surface area contributed by atoms with Gasteiger partial charge in [-0.1, -0.05) is 0 Å². The van der Waals surface area contributed by atoms with Gasteiger partial charge in [-0.15, -0.1) is 0 Å². The van der Waals surface area contributed by atoms with Crippen LogP contribution in [0.5, 0.6) is 0 Å². The molecule has 0 aliphatic heterocycles. The second-order valence-corrected chi connectivity index (χ2v) is 14.5. The van der Waals surface area contributed by atoms with Crippen molar-refractivity contribution >= 4 is 56.8 Å². The predicted molar refractivity (Wildman–Crippen MR) is 110 cm³/mol. The maximum absolute atomic E-state index is 2.48. The number of fused-ring (bicyclic) bond motifs is 5. The molecule has 2 heterocycles. The normalized spacial score (nSPS) is 13.4. The first kappa shape index (κ1) is 16.7. The molecule has 2 aromatic carbocycles. The topological polar surface area (TPSA) is 0 Å². The van der Waals surface area contributed by atoms with Gasteiger partial charge in [0.05, 0.1) is 0 Å². The van der Waals surface area contributed by atoms with Crippen molar-refractivity contribution in [2.24, 2.45) is 0 Å². The van der Waals surface area contributed by atoms with E-state index in [1.54, 1.807) is 17.0 Å². The number of benzene rings is 2. The second kappa shape index (κ2) is 5.36. The third-order valence-corrected chi connectivity index (χ3v) is 10.6. The van der Waals surface area contributed by atoms with E-state index < -0.39 is 0 Å². The molecule has 2 aromatic heterocycles. The van der Waals surface area contributed by atoms with Crippen molar-refractivity contribution in [2.75, 3.05) is 0 Å². The van der Waals surface area contributed by atoms with Gasteiger partial charge in [-0.25, -0.2) is 0 Å². The molecule has 0 fully saturated rings. The van der Waals surface area contributed by atoms with Gasteiger partial charge in [0, 0.05) is 0 Å². The van der Waals surface area contributed by atoms with Gasteiger partial charge in [0.1, 0.15) is 0 Å². The Labute approximate surface area is 156 Å². The summed E-state index contributed by atoms with van der Waals surface area (Å²) in [6, 6.07) is 14.4. The van der Waals surface area contributed by atoms with Crippen LogP contribution >= 0.6 is 0 Å². The molecule has 0 unspecified atom stereocenters. The Morgan fingerprint density at radius 1 is 0.625 bits per heavy atom. The van der Waals surface area contributed by atoms with E-state index in [1.165, 1.54) is 21.9 Å². The monoisotopic (exact) mass is 448 g/mol. The summed E-state index contributed by atoms with van der Waals surface area (Å²) in [5.74, 6) is 0. The summed E-state index contributed by atoms with van der Waals surface area (Å²) in [4.78, 5) is 0. The fraction of sp³-hybridized carbons (Fsp3) is 0.364. The molecule has 24 heavy (non-hydrogen) atoms. The molecule has 0 atom stereocenters. The van der Waals surface area contributed by atoms with E-state index in [0.717, 1.165) is 0 Å². The molecule has 2 heteroatoms. The first-order chi connectivity index (χ1) is 11.1. The van der Waals surface area contributed by atoms with Crippen LogP contribution in [-0.2, 0) is 10.8 Å². The zero-order valence-corrected chi connectivity index (χ0v) is 18.7. The third-order valence-electron chi connectivity index (χ3n) is 4.84. The van der Waals surface area contributed by atoms with Crippen LogP contribution in [0.15, 0.2) is 36.4 Å². The Morgan fingerprint density at radius 2 is 1.04 bits per heavy atom. The van der Waals surface area contributed by atoms with E-state index in [2.05, 4.69) is 77.9 Å². The molecule has 0 nitrogen and oxygen atoms in total. The maximum atomic E-state index is 2.48. The van der Waals surface area contributed by atoms with E-state index in [-0.39, 0.29) is 10.8 Å². The van der Waals surface area contributed by atoms with Gasteiger partial charge in [-0.3, -0.25) is 0 Å². The average Bonchev–Trinajstić information content (AvgIpc) is 2.98. The number of rotatable bonds is 0. The minimum atomic E-state index is 0.239. The van der Waals surface area contributed by atoms with Gasteiger partial charge in [-0.2, -0.15) is 0 Å². The summed E-state index contributed by atoms with van der Waals surface area (Å²) in [7, 11) is 0.